The fourth-order valence-electron chi connectivity index (χ4n) is 3.12. The maximum absolute atomic E-state index is 12.2. The fraction of sp³-hybridized carbons (Fsp3) is 0.190. The van der Waals surface area contributed by atoms with Crippen LogP contribution in [-0.4, -0.2) is 34.3 Å². The van der Waals surface area contributed by atoms with E-state index in [0.29, 0.717) is 17.2 Å². The third kappa shape index (κ3) is 4.36. The third-order valence-electron chi connectivity index (χ3n) is 4.58. The molecule has 32 heavy (non-hydrogen) atoms. The van der Waals surface area contributed by atoms with Gasteiger partial charge < -0.3 is 24.8 Å². The number of aromatic nitrogens is 2. The number of carbonyl (C=O) groups excluding carboxylic acids is 1. The first-order valence-electron chi connectivity index (χ1n) is 9.71. The summed E-state index contributed by atoms with van der Waals surface area (Å²) in [5, 5.41) is 17.7. The number of nitrogens with one attached hydrogen (secondary N) is 2. The van der Waals surface area contributed by atoms with Gasteiger partial charge in [0.1, 0.15) is 6.33 Å². The molecule has 0 saturated carbocycles. The van der Waals surface area contributed by atoms with Crippen molar-refractivity contribution in [1.82, 2.24) is 9.97 Å². The van der Waals surface area contributed by atoms with Crippen LogP contribution in [0.2, 0.25) is 0 Å². The number of anilines is 3. The number of rotatable bonds is 8. The van der Waals surface area contributed by atoms with Crippen LogP contribution in [0.15, 0.2) is 48.8 Å². The molecule has 2 aromatic carbocycles. The topological polar surface area (TPSA) is 138 Å². The van der Waals surface area contributed by atoms with Crippen LogP contribution in [0.3, 0.4) is 0 Å². The van der Waals surface area contributed by atoms with Gasteiger partial charge in [0.25, 0.3) is 0 Å². The first-order valence-corrected chi connectivity index (χ1v) is 9.71. The molecule has 0 atom stereocenters. The lowest BCUT2D eigenvalue weighted by Crippen LogP contribution is -2.11. The molecule has 0 amide bonds. The SMILES string of the molecule is CCOC(=O)c1ccccc1Nc1ncnc(NCc2ccc3c(c2)OCO3)c1[N+](=O)[O-]. The molecule has 11 nitrogen and oxygen atoms in total. The van der Waals surface area contributed by atoms with E-state index in [1.165, 1.54) is 6.33 Å². The van der Waals surface area contributed by atoms with E-state index in [-0.39, 0.29) is 42.8 Å². The second-order valence-corrected chi connectivity index (χ2v) is 6.61. The first-order chi connectivity index (χ1) is 15.6. The number of carbonyl (C=O) groups is 1. The van der Waals surface area contributed by atoms with Gasteiger partial charge in [0, 0.05) is 6.54 Å². The van der Waals surface area contributed by atoms with Gasteiger partial charge >= 0.3 is 11.7 Å². The van der Waals surface area contributed by atoms with Crippen molar-refractivity contribution in [2.75, 3.05) is 24.0 Å². The van der Waals surface area contributed by atoms with Crippen molar-refractivity contribution in [3.63, 3.8) is 0 Å². The predicted molar refractivity (Wildman–Crippen MR) is 114 cm³/mol. The van der Waals surface area contributed by atoms with Crippen LogP contribution < -0.4 is 20.1 Å². The van der Waals surface area contributed by atoms with Gasteiger partial charge in [-0.1, -0.05) is 18.2 Å². The largest absolute Gasteiger partial charge is 0.462 e. The molecule has 0 bridgehead atoms. The summed E-state index contributed by atoms with van der Waals surface area (Å²) < 4.78 is 15.7. The molecule has 0 spiro atoms. The highest BCUT2D eigenvalue weighted by Gasteiger charge is 2.24. The van der Waals surface area contributed by atoms with Crippen LogP contribution in [-0.2, 0) is 11.3 Å². The summed E-state index contributed by atoms with van der Waals surface area (Å²) in [4.78, 5) is 31.5. The Labute approximate surface area is 182 Å². The predicted octanol–water partition coefficient (Wildman–Crippen LogP) is 3.65. The molecule has 1 aliphatic rings. The zero-order chi connectivity index (χ0) is 22.5. The number of hydrogen-bond acceptors (Lipinski definition) is 10. The first kappa shape index (κ1) is 20.8. The Hall–Kier alpha value is -4.41. The van der Waals surface area contributed by atoms with E-state index >= 15 is 0 Å². The molecule has 1 aliphatic heterocycles. The van der Waals surface area contributed by atoms with E-state index in [1.807, 2.05) is 6.07 Å². The van der Waals surface area contributed by atoms with Gasteiger partial charge in [-0.2, -0.15) is 0 Å². The van der Waals surface area contributed by atoms with Crippen molar-refractivity contribution < 1.29 is 23.9 Å². The number of hydrogen-bond donors (Lipinski definition) is 2. The van der Waals surface area contributed by atoms with Crippen LogP contribution in [0.4, 0.5) is 23.0 Å². The number of ether oxygens (including phenoxy) is 3. The molecule has 0 radical (unpaired) electrons. The summed E-state index contributed by atoms with van der Waals surface area (Å²) in [5.74, 6) is 0.676. The number of nitro groups is 1. The molecule has 4 rings (SSSR count). The summed E-state index contributed by atoms with van der Waals surface area (Å²) in [5.41, 5.74) is 1.03. The van der Waals surface area contributed by atoms with Crippen LogP contribution in [0, 0.1) is 10.1 Å². The Bertz CT molecular complexity index is 1170. The minimum atomic E-state index is -0.586. The van der Waals surface area contributed by atoms with E-state index in [1.54, 1.807) is 43.3 Å². The average Bonchev–Trinajstić information content (AvgIpc) is 3.26. The van der Waals surface area contributed by atoms with Crippen molar-refractivity contribution in [3.8, 4) is 11.5 Å². The van der Waals surface area contributed by atoms with Gasteiger partial charge in [0.15, 0.2) is 11.5 Å². The molecule has 1 aromatic heterocycles. The lowest BCUT2D eigenvalue weighted by molar-refractivity contribution is -0.383. The van der Waals surface area contributed by atoms with Gasteiger partial charge in [-0.05, 0) is 36.8 Å². The Morgan fingerprint density at radius 1 is 1.16 bits per heavy atom. The lowest BCUT2D eigenvalue weighted by Gasteiger charge is -2.12. The maximum atomic E-state index is 12.2. The van der Waals surface area contributed by atoms with Crippen molar-refractivity contribution in [1.29, 1.82) is 0 Å². The van der Waals surface area contributed by atoms with E-state index in [0.717, 1.165) is 5.56 Å². The van der Waals surface area contributed by atoms with Crippen LogP contribution in [0.5, 0.6) is 11.5 Å². The summed E-state index contributed by atoms with van der Waals surface area (Å²) in [7, 11) is 0. The summed E-state index contributed by atoms with van der Waals surface area (Å²) in [6.07, 6.45) is 1.20. The summed E-state index contributed by atoms with van der Waals surface area (Å²) in [6.45, 7) is 2.31. The molecule has 164 valence electrons. The number of benzene rings is 2. The van der Waals surface area contributed by atoms with Gasteiger partial charge in [0.05, 0.1) is 22.8 Å². The second kappa shape index (κ2) is 9.16. The Morgan fingerprint density at radius 3 is 2.75 bits per heavy atom. The normalized spacial score (nSPS) is 11.7. The molecule has 0 saturated heterocycles. The van der Waals surface area contributed by atoms with Crippen molar-refractivity contribution in [2.45, 2.75) is 13.5 Å². The van der Waals surface area contributed by atoms with Crippen molar-refractivity contribution in [2.24, 2.45) is 0 Å². The number of para-hydroxylation sites is 1. The van der Waals surface area contributed by atoms with Gasteiger partial charge in [0.2, 0.25) is 18.4 Å². The number of esters is 1. The Balaban J connectivity index is 1.59. The standard InChI is InChI=1S/C21H19N5O6/c1-2-30-21(27)14-5-3-4-6-15(14)25-20-18(26(28)29)19(23-11-24-20)22-10-13-7-8-16-17(9-13)32-12-31-16/h3-9,11H,2,10,12H2,1H3,(H2,22,23,24,25). The third-order valence-corrected chi connectivity index (χ3v) is 4.58. The Kier molecular flexibility index (Phi) is 5.97. The smallest absolute Gasteiger partial charge is 0.353 e. The van der Waals surface area contributed by atoms with E-state index in [4.69, 9.17) is 14.2 Å². The molecule has 0 unspecified atom stereocenters. The molecule has 11 heteroatoms. The molecular formula is C21H19N5O6. The molecule has 2 N–H and O–H groups in total. The minimum Gasteiger partial charge on any atom is -0.462 e. The lowest BCUT2D eigenvalue weighted by atomic mass is 10.1. The van der Waals surface area contributed by atoms with Crippen LogP contribution in [0.25, 0.3) is 0 Å². The summed E-state index contributed by atoms with van der Waals surface area (Å²) >= 11 is 0. The Morgan fingerprint density at radius 2 is 1.94 bits per heavy atom. The van der Waals surface area contributed by atoms with E-state index < -0.39 is 10.9 Å². The van der Waals surface area contributed by atoms with E-state index in [9.17, 15) is 14.9 Å². The number of nitrogens with zero attached hydrogens (tertiary/aromatic N) is 3. The van der Waals surface area contributed by atoms with Crippen molar-refractivity contribution >= 4 is 29.0 Å². The highest BCUT2D eigenvalue weighted by atomic mass is 16.7. The van der Waals surface area contributed by atoms with E-state index in [2.05, 4.69) is 20.6 Å². The highest BCUT2D eigenvalue weighted by Crippen LogP contribution is 2.34. The quantitative estimate of drug-likeness (QED) is 0.305. The van der Waals surface area contributed by atoms with Gasteiger partial charge in [-0.3, -0.25) is 10.1 Å². The zero-order valence-electron chi connectivity index (χ0n) is 17.0. The maximum Gasteiger partial charge on any atom is 0.353 e. The second-order valence-electron chi connectivity index (χ2n) is 6.61. The molecule has 0 fully saturated rings. The minimum absolute atomic E-state index is 0.0267. The molecule has 2 heterocycles. The fourth-order valence-corrected chi connectivity index (χ4v) is 3.12. The number of fused-ring (bicyclic) bond motifs is 1. The van der Waals surface area contributed by atoms with Gasteiger partial charge in [-0.25, -0.2) is 14.8 Å². The molecule has 3 aromatic rings. The molecule has 0 aliphatic carbocycles. The average molecular weight is 437 g/mol. The van der Waals surface area contributed by atoms with Crippen molar-refractivity contribution in [3.05, 3.63) is 70.0 Å². The summed E-state index contributed by atoms with van der Waals surface area (Å²) in [6, 6.07) is 11.9. The molecular weight excluding hydrogens is 418 g/mol. The zero-order valence-corrected chi connectivity index (χ0v) is 17.0. The van der Waals surface area contributed by atoms with Crippen LogP contribution in [0.1, 0.15) is 22.8 Å². The monoisotopic (exact) mass is 437 g/mol. The highest BCUT2D eigenvalue weighted by molar-refractivity contribution is 5.96. The van der Waals surface area contributed by atoms with Crippen LogP contribution >= 0.6 is 0 Å². The van der Waals surface area contributed by atoms with Gasteiger partial charge in [-0.15, -0.1) is 0 Å².